The minimum atomic E-state index is 0.721. The molecule has 3 nitrogen and oxygen atoms in total. The Morgan fingerprint density at radius 1 is 1.47 bits per heavy atom. The number of nitrogens with zero attached hydrogens (tertiary/aromatic N) is 2. The Bertz CT molecular complexity index is 344. The quantitative estimate of drug-likeness (QED) is 0.821. The molecule has 2 aliphatic carbocycles. The van der Waals surface area contributed by atoms with Crippen molar-refractivity contribution in [3.05, 3.63) is 12.4 Å². The standard InChI is InChI=1S/C12H19N3/c1-2-15-8-11(7-13-15)14-12-6-9-3-4-10(12)5-9/h7-10,12,14H,2-6H2,1H3/t9-,10-,12+/m0/s1. The minimum absolute atomic E-state index is 0.721. The molecule has 0 aliphatic heterocycles. The molecule has 82 valence electrons. The van der Waals surface area contributed by atoms with Gasteiger partial charge >= 0.3 is 0 Å². The highest BCUT2D eigenvalue weighted by atomic mass is 15.3. The summed E-state index contributed by atoms with van der Waals surface area (Å²) in [7, 11) is 0. The Hall–Kier alpha value is -0.990. The molecule has 0 radical (unpaired) electrons. The van der Waals surface area contributed by atoms with Crippen molar-refractivity contribution in [1.82, 2.24) is 9.78 Å². The van der Waals surface area contributed by atoms with E-state index in [1.165, 1.54) is 31.4 Å². The number of hydrogen-bond donors (Lipinski definition) is 1. The van der Waals surface area contributed by atoms with Crippen LogP contribution in [0, 0.1) is 11.8 Å². The van der Waals surface area contributed by atoms with Crippen LogP contribution >= 0.6 is 0 Å². The van der Waals surface area contributed by atoms with Crippen LogP contribution in [-0.4, -0.2) is 15.8 Å². The Morgan fingerprint density at radius 3 is 3.00 bits per heavy atom. The molecule has 2 bridgehead atoms. The predicted molar refractivity (Wildman–Crippen MR) is 60.8 cm³/mol. The second-order valence-electron chi connectivity index (χ2n) is 5.01. The van der Waals surface area contributed by atoms with Crippen LogP contribution in [0.3, 0.4) is 0 Å². The Balaban J connectivity index is 1.65. The van der Waals surface area contributed by atoms with Crippen molar-refractivity contribution in [2.45, 2.75) is 45.2 Å². The molecule has 0 spiro atoms. The zero-order valence-electron chi connectivity index (χ0n) is 9.32. The summed E-state index contributed by atoms with van der Waals surface area (Å²) in [4.78, 5) is 0. The molecular formula is C12H19N3. The molecular weight excluding hydrogens is 186 g/mol. The van der Waals surface area contributed by atoms with E-state index < -0.39 is 0 Å². The van der Waals surface area contributed by atoms with Crippen LogP contribution in [0.1, 0.15) is 32.6 Å². The lowest BCUT2D eigenvalue weighted by molar-refractivity contribution is 0.440. The van der Waals surface area contributed by atoms with Crippen molar-refractivity contribution in [2.75, 3.05) is 5.32 Å². The molecule has 0 amide bonds. The highest BCUT2D eigenvalue weighted by Gasteiger charge is 2.39. The fourth-order valence-electron chi connectivity index (χ4n) is 3.25. The molecule has 2 fully saturated rings. The van der Waals surface area contributed by atoms with E-state index in [9.17, 15) is 0 Å². The van der Waals surface area contributed by atoms with E-state index >= 15 is 0 Å². The van der Waals surface area contributed by atoms with Gasteiger partial charge in [-0.15, -0.1) is 0 Å². The van der Waals surface area contributed by atoms with E-state index in [0.29, 0.717) is 0 Å². The molecule has 2 aliphatic rings. The first-order valence-corrected chi connectivity index (χ1v) is 6.14. The smallest absolute Gasteiger partial charge is 0.0728 e. The first-order valence-electron chi connectivity index (χ1n) is 6.14. The highest BCUT2D eigenvalue weighted by Crippen LogP contribution is 2.45. The summed E-state index contributed by atoms with van der Waals surface area (Å²) in [6.45, 7) is 3.08. The van der Waals surface area contributed by atoms with Crippen molar-refractivity contribution in [3.63, 3.8) is 0 Å². The van der Waals surface area contributed by atoms with Crippen LogP contribution in [0.5, 0.6) is 0 Å². The Labute approximate surface area is 90.9 Å². The van der Waals surface area contributed by atoms with Crippen LogP contribution < -0.4 is 5.32 Å². The van der Waals surface area contributed by atoms with Crippen molar-refractivity contribution in [3.8, 4) is 0 Å². The van der Waals surface area contributed by atoms with E-state index in [2.05, 4.69) is 23.5 Å². The molecule has 2 saturated carbocycles. The molecule has 3 heteroatoms. The topological polar surface area (TPSA) is 29.9 Å². The molecule has 1 heterocycles. The first kappa shape index (κ1) is 9.25. The molecule has 15 heavy (non-hydrogen) atoms. The van der Waals surface area contributed by atoms with Gasteiger partial charge in [-0.1, -0.05) is 6.42 Å². The van der Waals surface area contributed by atoms with Gasteiger partial charge in [-0.2, -0.15) is 5.10 Å². The first-order chi connectivity index (χ1) is 7.35. The Morgan fingerprint density at radius 2 is 2.40 bits per heavy atom. The maximum absolute atomic E-state index is 4.29. The van der Waals surface area contributed by atoms with Gasteiger partial charge in [0.2, 0.25) is 0 Å². The summed E-state index contributed by atoms with van der Waals surface area (Å²) in [5.41, 5.74) is 1.20. The SMILES string of the molecule is CCn1cc(N[C@@H]2C[C@H]3CC[C@H]2C3)cn1. The van der Waals surface area contributed by atoms with Gasteiger partial charge in [0, 0.05) is 18.8 Å². The lowest BCUT2D eigenvalue weighted by Crippen LogP contribution is -2.25. The predicted octanol–water partition coefficient (Wildman–Crippen LogP) is 2.50. The highest BCUT2D eigenvalue weighted by molar-refractivity contribution is 5.40. The van der Waals surface area contributed by atoms with Gasteiger partial charge in [0.15, 0.2) is 0 Å². The third-order valence-electron chi connectivity index (χ3n) is 4.05. The molecule has 1 aromatic rings. The van der Waals surface area contributed by atoms with Crippen LogP contribution in [0.25, 0.3) is 0 Å². The van der Waals surface area contributed by atoms with E-state index in [1.807, 2.05) is 10.9 Å². The number of fused-ring (bicyclic) bond motifs is 2. The van der Waals surface area contributed by atoms with Crippen LogP contribution in [-0.2, 0) is 6.54 Å². The van der Waals surface area contributed by atoms with Crippen molar-refractivity contribution in [1.29, 1.82) is 0 Å². The normalized spacial score (nSPS) is 33.5. The summed E-state index contributed by atoms with van der Waals surface area (Å²) in [5.74, 6) is 1.94. The van der Waals surface area contributed by atoms with E-state index in [-0.39, 0.29) is 0 Å². The number of aromatic nitrogens is 2. The van der Waals surface area contributed by atoms with Crippen LogP contribution in [0.2, 0.25) is 0 Å². The van der Waals surface area contributed by atoms with Crippen molar-refractivity contribution in [2.24, 2.45) is 11.8 Å². The zero-order chi connectivity index (χ0) is 10.3. The lowest BCUT2D eigenvalue weighted by Gasteiger charge is -2.22. The van der Waals surface area contributed by atoms with Gasteiger partial charge < -0.3 is 5.32 Å². The summed E-state index contributed by atoms with van der Waals surface area (Å²) in [6, 6.07) is 0.721. The molecule has 3 rings (SSSR count). The third kappa shape index (κ3) is 1.64. The number of anilines is 1. The average Bonchev–Trinajstić information content (AvgIpc) is 2.92. The van der Waals surface area contributed by atoms with E-state index in [4.69, 9.17) is 0 Å². The van der Waals surface area contributed by atoms with Gasteiger partial charge in [-0.3, -0.25) is 4.68 Å². The second kappa shape index (κ2) is 3.54. The van der Waals surface area contributed by atoms with Crippen molar-refractivity contribution >= 4 is 5.69 Å². The molecule has 3 atom stereocenters. The van der Waals surface area contributed by atoms with Gasteiger partial charge in [0.05, 0.1) is 11.9 Å². The average molecular weight is 205 g/mol. The van der Waals surface area contributed by atoms with E-state index in [1.54, 1.807) is 0 Å². The number of nitrogens with one attached hydrogen (secondary N) is 1. The molecule has 1 aromatic heterocycles. The Kier molecular flexibility index (Phi) is 2.19. The number of aryl methyl sites for hydroxylation is 1. The van der Waals surface area contributed by atoms with Gasteiger partial charge in [-0.25, -0.2) is 0 Å². The molecule has 1 N–H and O–H groups in total. The fourth-order valence-corrected chi connectivity index (χ4v) is 3.25. The summed E-state index contributed by atoms with van der Waals surface area (Å²) in [5, 5.41) is 7.94. The lowest BCUT2D eigenvalue weighted by atomic mass is 9.95. The van der Waals surface area contributed by atoms with Crippen LogP contribution in [0.15, 0.2) is 12.4 Å². The maximum atomic E-state index is 4.29. The number of rotatable bonds is 3. The van der Waals surface area contributed by atoms with Crippen molar-refractivity contribution < 1.29 is 0 Å². The van der Waals surface area contributed by atoms with Crippen LogP contribution in [0.4, 0.5) is 5.69 Å². The summed E-state index contributed by atoms with van der Waals surface area (Å²) in [6.07, 6.45) is 9.81. The number of hydrogen-bond acceptors (Lipinski definition) is 2. The second-order valence-corrected chi connectivity index (χ2v) is 5.01. The largest absolute Gasteiger partial charge is 0.379 e. The fraction of sp³-hybridized carbons (Fsp3) is 0.750. The monoisotopic (exact) mass is 205 g/mol. The summed E-state index contributed by atoms with van der Waals surface area (Å²) < 4.78 is 1.98. The van der Waals surface area contributed by atoms with Gasteiger partial charge in [0.1, 0.15) is 0 Å². The third-order valence-corrected chi connectivity index (χ3v) is 4.05. The van der Waals surface area contributed by atoms with Gasteiger partial charge in [-0.05, 0) is 38.0 Å². The maximum Gasteiger partial charge on any atom is 0.0728 e. The molecule has 0 unspecified atom stereocenters. The minimum Gasteiger partial charge on any atom is -0.379 e. The van der Waals surface area contributed by atoms with E-state index in [0.717, 1.165) is 24.4 Å². The zero-order valence-corrected chi connectivity index (χ0v) is 9.32. The van der Waals surface area contributed by atoms with Gasteiger partial charge in [0.25, 0.3) is 0 Å². The summed E-state index contributed by atoms with van der Waals surface area (Å²) >= 11 is 0. The molecule has 0 saturated heterocycles. The molecule has 0 aromatic carbocycles.